The maximum absolute atomic E-state index is 6.35. The Kier molecular flexibility index (Phi) is 4.02. The molecule has 114 valence electrons. The van der Waals surface area contributed by atoms with Gasteiger partial charge in [0.05, 0.1) is 12.5 Å². The summed E-state index contributed by atoms with van der Waals surface area (Å²) in [6.45, 7) is 4.19. The van der Waals surface area contributed by atoms with Crippen LogP contribution in [0.2, 0.25) is 0 Å². The van der Waals surface area contributed by atoms with Crippen LogP contribution in [0.5, 0.6) is 5.88 Å². The summed E-state index contributed by atoms with van der Waals surface area (Å²) >= 11 is 6.35. The van der Waals surface area contributed by atoms with E-state index in [0.29, 0.717) is 23.4 Å². The summed E-state index contributed by atoms with van der Waals surface area (Å²) in [6, 6.07) is 0.341. The molecule has 2 aromatic rings. The van der Waals surface area contributed by atoms with Gasteiger partial charge in [-0.1, -0.05) is 12.8 Å². The van der Waals surface area contributed by atoms with Crippen LogP contribution in [0.1, 0.15) is 56.8 Å². The first-order chi connectivity index (χ1) is 10.1. The number of hydrogen-bond donors (Lipinski definition) is 0. The number of imidazole rings is 1. The normalized spacial score (nSPS) is 19.0. The molecule has 2 atom stereocenters. The van der Waals surface area contributed by atoms with Crippen molar-refractivity contribution < 1.29 is 4.74 Å². The third-order valence-electron chi connectivity index (χ3n) is 4.51. The van der Waals surface area contributed by atoms with Gasteiger partial charge in [-0.2, -0.15) is 4.98 Å². The van der Waals surface area contributed by atoms with E-state index in [0.717, 1.165) is 11.5 Å². The standard InChI is InChI=1S/C15H21ClN4O/c1-9(16)13-19-12-14(17-8-18-15(12)21-3)20(13)10(2)11-6-4-5-7-11/h8-11H,4-7H2,1-3H3. The average Bonchev–Trinajstić information content (AvgIpc) is 3.13. The molecule has 2 unspecified atom stereocenters. The summed E-state index contributed by atoms with van der Waals surface area (Å²) in [5.41, 5.74) is 1.52. The van der Waals surface area contributed by atoms with Crippen molar-refractivity contribution in [1.29, 1.82) is 0 Å². The second-order valence-electron chi connectivity index (χ2n) is 5.80. The minimum absolute atomic E-state index is 0.173. The first-order valence-corrected chi connectivity index (χ1v) is 7.98. The Morgan fingerprint density at radius 1 is 1.29 bits per heavy atom. The summed E-state index contributed by atoms with van der Waals surface area (Å²) < 4.78 is 7.50. The van der Waals surface area contributed by atoms with Gasteiger partial charge in [-0.3, -0.25) is 0 Å². The maximum Gasteiger partial charge on any atom is 0.245 e. The van der Waals surface area contributed by atoms with E-state index in [1.54, 1.807) is 7.11 Å². The van der Waals surface area contributed by atoms with Gasteiger partial charge in [-0.25, -0.2) is 9.97 Å². The number of hydrogen-bond acceptors (Lipinski definition) is 4. The largest absolute Gasteiger partial charge is 0.479 e. The number of nitrogens with zero attached hydrogens (tertiary/aromatic N) is 4. The molecule has 1 saturated carbocycles. The van der Waals surface area contributed by atoms with E-state index in [9.17, 15) is 0 Å². The number of methoxy groups -OCH3 is 1. The molecule has 0 amide bonds. The Bertz CT molecular complexity index is 634. The van der Waals surface area contributed by atoms with Crippen molar-refractivity contribution in [3.05, 3.63) is 12.2 Å². The first-order valence-electron chi connectivity index (χ1n) is 7.54. The third kappa shape index (κ3) is 2.48. The monoisotopic (exact) mass is 308 g/mol. The molecule has 1 aliphatic rings. The Morgan fingerprint density at radius 2 is 2.00 bits per heavy atom. The molecule has 0 bridgehead atoms. The van der Waals surface area contributed by atoms with Gasteiger partial charge in [0.25, 0.3) is 0 Å². The second-order valence-corrected chi connectivity index (χ2v) is 6.45. The van der Waals surface area contributed by atoms with E-state index in [4.69, 9.17) is 16.3 Å². The van der Waals surface area contributed by atoms with Crippen LogP contribution in [-0.4, -0.2) is 26.6 Å². The van der Waals surface area contributed by atoms with Crippen LogP contribution < -0.4 is 4.74 Å². The number of ether oxygens (including phenoxy) is 1. The van der Waals surface area contributed by atoms with Gasteiger partial charge >= 0.3 is 0 Å². The van der Waals surface area contributed by atoms with Crippen molar-refractivity contribution in [3.63, 3.8) is 0 Å². The summed E-state index contributed by atoms with van der Waals surface area (Å²) in [6.07, 6.45) is 6.68. The molecular formula is C15H21ClN4O. The van der Waals surface area contributed by atoms with Crippen molar-refractivity contribution in [2.75, 3.05) is 7.11 Å². The van der Waals surface area contributed by atoms with E-state index >= 15 is 0 Å². The summed E-state index contributed by atoms with van der Waals surface area (Å²) in [4.78, 5) is 13.2. The van der Waals surface area contributed by atoms with Gasteiger partial charge in [-0.15, -0.1) is 11.6 Å². The number of alkyl halides is 1. The highest BCUT2D eigenvalue weighted by molar-refractivity contribution is 6.20. The van der Waals surface area contributed by atoms with Crippen molar-refractivity contribution in [3.8, 4) is 5.88 Å². The van der Waals surface area contributed by atoms with Gasteiger partial charge < -0.3 is 9.30 Å². The average molecular weight is 309 g/mol. The zero-order valence-electron chi connectivity index (χ0n) is 12.7. The molecule has 21 heavy (non-hydrogen) atoms. The number of fused-ring (bicyclic) bond motifs is 1. The predicted octanol–water partition coefficient (Wildman–Crippen LogP) is 3.89. The molecule has 0 saturated heterocycles. The van der Waals surface area contributed by atoms with E-state index in [-0.39, 0.29) is 5.38 Å². The summed E-state index contributed by atoms with van der Waals surface area (Å²) in [5.74, 6) is 2.03. The molecule has 1 aliphatic carbocycles. The molecule has 1 fully saturated rings. The molecular weight excluding hydrogens is 288 g/mol. The fourth-order valence-corrected chi connectivity index (χ4v) is 3.54. The van der Waals surface area contributed by atoms with Crippen LogP contribution in [0.15, 0.2) is 6.33 Å². The van der Waals surface area contributed by atoms with E-state index < -0.39 is 0 Å². The first kappa shape index (κ1) is 14.6. The van der Waals surface area contributed by atoms with Crippen LogP contribution in [0.3, 0.4) is 0 Å². The Morgan fingerprint density at radius 3 is 2.62 bits per heavy atom. The van der Waals surface area contributed by atoms with Crippen molar-refractivity contribution >= 4 is 22.8 Å². The fourth-order valence-electron chi connectivity index (χ4n) is 3.39. The molecule has 2 aromatic heterocycles. The maximum atomic E-state index is 6.35. The minimum atomic E-state index is -0.173. The van der Waals surface area contributed by atoms with E-state index in [2.05, 4.69) is 26.4 Å². The quantitative estimate of drug-likeness (QED) is 0.804. The molecule has 0 aliphatic heterocycles. The smallest absolute Gasteiger partial charge is 0.245 e. The SMILES string of the molecule is COc1ncnc2c1nc(C(C)Cl)n2C(C)C1CCCC1. The number of aromatic nitrogens is 4. The Hall–Kier alpha value is -1.36. The van der Waals surface area contributed by atoms with Crippen molar-refractivity contribution in [2.24, 2.45) is 5.92 Å². The van der Waals surface area contributed by atoms with Crippen molar-refractivity contribution in [2.45, 2.75) is 50.9 Å². The Labute approximate surface area is 129 Å². The van der Waals surface area contributed by atoms with Crippen LogP contribution in [-0.2, 0) is 0 Å². The molecule has 0 N–H and O–H groups in total. The molecule has 2 heterocycles. The lowest BCUT2D eigenvalue weighted by molar-refractivity contribution is 0.358. The number of halogens is 1. The topological polar surface area (TPSA) is 52.8 Å². The molecule has 0 radical (unpaired) electrons. The highest BCUT2D eigenvalue weighted by Crippen LogP contribution is 2.38. The van der Waals surface area contributed by atoms with Crippen LogP contribution in [0.25, 0.3) is 11.2 Å². The van der Waals surface area contributed by atoms with Gasteiger partial charge in [0.2, 0.25) is 5.88 Å². The third-order valence-corrected chi connectivity index (χ3v) is 4.70. The summed E-state index contributed by atoms with van der Waals surface area (Å²) in [5, 5.41) is -0.173. The molecule has 0 spiro atoms. The highest BCUT2D eigenvalue weighted by atomic mass is 35.5. The number of rotatable bonds is 4. The van der Waals surface area contributed by atoms with Crippen LogP contribution >= 0.6 is 11.6 Å². The van der Waals surface area contributed by atoms with Gasteiger partial charge in [0, 0.05) is 6.04 Å². The summed E-state index contributed by atoms with van der Waals surface area (Å²) in [7, 11) is 1.60. The minimum Gasteiger partial charge on any atom is -0.479 e. The zero-order chi connectivity index (χ0) is 15.0. The second kappa shape index (κ2) is 5.79. The zero-order valence-corrected chi connectivity index (χ0v) is 13.5. The molecule has 5 nitrogen and oxygen atoms in total. The molecule has 0 aromatic carbocycles. The van der Waals surface area contributed by atoms with E-state index in [1.165, 1.54) is 32.0 Å². The highest BCUT2D eigenvalue weighted by Gasteiger charge is 2.28. The predicted molar refractivity (Wildman–Crippen MR) is 82.8 cm³/mol. The van der Waals surface area contributed by atoms with Crippen molar-refractivity contribution in [1.82, 2.24) is 19.5 Å². The lowest BCUT2D eigenvalue weighted by Gasteiger charge is -2.23. The van der Waals surface area contributed by atoms with Gasteiger partial charge in [0.15, 0.2) is 11.2 Å². The van der Waals surface area contributed by atoms with E-state index in [1.807, 2.05) is 6.92 Å². The fraction of sp³-hybridized carbons (Fsp3) is 0.667. The molecule has 3 rings (SSSR count). The lowest BCUT2D eigenvalue weighted by atomic mass is 9.99. The van der Waals surface area contributed by atoms with Crippen LogP contribution in [0.4, 0.5) is 0 Å². The Balaban J connectivity index is 2.16. The van der Waals surface area contributed by atoms with Gasteiger partial charge in [-0.05, 0) is 32.6 Å². The van der Waals surface area contributed by atoms with Crippen LogP contribution in [0, 0.1) is 5.92 Å². The van der Waals surface area contributed by atoms with Gasteiger partial charge in [0.1, 0.15) is 12.2 Å². The molecule has 6 heteroatoms. The lowest BCUT2D eigenvalue weighted by Crippen LogP contribution is -2.17.